The van der Waals surface area contributed by atoms with Gasteiger partial charge in [0.05, 0.1) is 27.9 Å². The number of benzene rings is 1. The Hall–Kier alpha value is -2.11. The molecule has 0 aromatic heterocycles. The number of carbonyl (C=O) groups is 1. The van der Waals surface area contributed by atoms with Crippen molar-refractivity contribution in [3.63, 3.8) is 0 Å². The van der Waals surface area contributed by atoms with Gasteiger partial charge in [0.15, 0.2) is 11.5 Å². The van der Waals surface area contributed by atoms with Gasteiger partial charge in [0, 0.05) is 17.8 Å². The first-order chi connectivity index (χ1) is 8.12. The average Bonchev–Trinajstić information content (AvgIpc) is 2.34. The highest BCUT2D eigenvalue weighted by molar-refractivity contribution is 5.79. The molecule has 6 heteroatoms. The van der Waals surface area contributed by atoms with E-state index >= 15 is 0 Å². The number of amides is 1. The topological polar surface area (TPSA) is 82.8 Å². The molecule has 0 saturated heterocycles. The average molecular weight is 240 g/mol. The minimum Gasteiger partial charge on any atom is -0.493 e. The summed E-state index contributed by atoms with van der Waals surface area (Å²) in [7, 11) is 4.57. The summed E-state index contributed by atoms with van der Waals surface area (Å²) in [6.07, 6.45) is 0. The fourth-order valence-corrected chi connectivity index (χ4v) is 1.37. The fraction of sp³-hybridized carbons (Fsp3) is 0.364. The van der Waals surface area contributed by atoms with Crippen LogP contribution in [0.15, 0.2) is 12.1 Å². The normalized spacial score (nSPS) is 9.59. The minimum atomic E-state index is -0.446. The standard InChI is InChI=1S/C11H16N2O4/c1-15-8-4-7(13-6-10(12)14)5-9(16-2)11(8)17-3/h4-5,13H,6H2,1-3H3,(H2,12,14). The maximum Gasteiger partial charge on any atom is 0.236 e. The molecular formula is C11H16N2O4. The minimum absolute atomic E-state index is 0.0403. The predicted octanol–water partition coefficient (Wildman–Crippen LogP) is 0.610. The first kappa shape index (κ1) is 13.0. The van der Waals surface area contributed by atoms with Gasteiger partial charge in [-0.3, -0.25) is 4.79 Å². The Bertz CT molecular complexity index is 381. The van der Waals surface area contributed by atoms with Crippen LogP contribution in [-0.4, -0.2) is 33.8 Å². The van der Waals surface area contributed by atoms with E-state index in [0.29, 0.717) is 22.9 Å². The Kier molecular flexibility index (Phi) is 4.45. The monoisotopic (exact) mass is 240 g/mol. The molecule has 0 bridgehead atoms. The third-order valence-electron chi connectivity index (χ3n) is 2.13. The Morgan fingerprint density at radius 2 is 1.71 bits per heavy atom. The highest BCUT2D eigenvalue weighted by Crippen LogP contribution is 2.39. The van der Waals surface area contributed by atoms with Gasteiger partial charge in [0.2, 0.25) is 11.7 Å². The van der Waals surface area contributed by atoms with Gasteiger partial charge in [0.25, 0.3) is 0 Å². The number of primary amides is 1. The molecule has 0 fully saturated rings. The molecule has 3 N–H and O–H groups in total. The van der Waals surface area contributed by atoms with E-state index in [-0.39, 0.29) is 6.54 Å². The van der Waals surface area contributed by atoms with E-state index in [9.17, 15) is 4.79 Å². The lowest BCUT2D eigenvalue weighted by Gasteiger charge is -2.14. The van der Waals surface area contributed by atoms with E-state index in [2.05, 4.69) is 5.32 Å². The molecule has 6 nitrogen and oxygen atoms in total. The van der Waals surface area contributed by atoms with Crippen molar-refractivity contribution in [2.24, 2.45) is 5.73 Å². The molecule has 1 aromatic carbocycles. The fourth-order valence-electron chi connectivity index (χ4n) is 1.37. The molecule has 0 aliphatic carbocycles. The first-order valence-corrected chi connectivity index (χ1v) is 4.94. The highest BCUT2D eigenvalue weighted by Gasteiger charge is 2.13. The van der Waals surface area contributed by atoms with Crippen molar-refractivity contribution in [2.75, 3.05) is 33.2 Å². The van der Waals surface area contributed by atoms with E-state index in [4.69, 9.17) is 19.9 Å². The van der Waals surface area contributed by atoms with Gasteiger partial charge >= 0.3 is 0 Å². The van der Waals surface area contributed by atoms with Crippen LogP contribution >= 0.6 is 0 Å². The van der Waals surface area contributed by atoms with Gasteiger partial charge in [-0.2, -0.15) is 0 Å². The lowest BCUT2D eigenvalue weighted by atomic mass is 10.2. The van der Waals surface area contributed by atoms with Crippen LogP contribution in [-0.2, 0) is 4.79 Å². The number of hydrogen-bond acceptors (Lipinski definition) is 5. The molecule has 0 heterocycles. The van der Waals surface area contributed by atoms with Crippen LogP contribution in [0.5, 0.6) is 17.2 Å². The summed E-state index contributed by atoms with van der Waals surface area (Å²) in [5, 5.41) is 2.85. The molecule has 0 aliphatic rings. The molecule has 0 saturated carbocycles. The first-order valence-electron chi connectivity index (χ1n) is 4.94. The number of hydrogen-bond donors (Lipinski definition) is 2. The van der Waals surface area contributed by atoms with Crippen LogP contribution < -0.4 is 25.3 Å². The quantitative estimate of drug-likeness (QED) is 0.761. The summed E-state index contributed by atoms with van der Waals surface area (Å²) in [4.78, 5) is 10.7. The van der Waals surface area contributed by atoms with Gasteiger partial charge in [0.1, 0.15) is 0 Å². The molecular weight excluding hydrogens is 224 g/mol. The summed E-state index contributed by atoms with van der Waals surface area (Å²) in [6.45, 7) is 0.0403. The summed E-state index contributed by atoms with van der Waals surface area (Å²) >= 11 is 0. The maximum atomic E-state index is 10.7. The highest BCUT2D eigenvalue weighted by atomic mass is 16.5. The van der Waals surface area contributed by atoms with E-state index in [1.807, 2.05) is 0 Å². The second-order valence-electron chi connectivity index (χ2n) is 3.23. The number of anilines is 1. The molecule has 1 amide bonds. The van der Waals surface area contributed by atoms with Gasteiger partial charge in [-0.05, 0) is 0 Å². The van der Waals surface area contributed by atoms with Crippen molar-refractivity contribution in [1.82, 2.24) is 0 Å². The second-order valence-corrected chi connectivity index (χ2v) is 3.23. The van der Waals surface area contributed by atoms with Crippen LogP contribution in [0.25, 0.3) is 0 Å². The van der Waals surface area contributed by atoms with Crippen molar-refractivity contribution in [3.8, 4) is 17.2 Å². The number of rotatable bonds is 6. The number of nitrogens with one attached hydrogen (secondary N) is 1. The van der Waals surface area contributed by atoms with Crippen LogP contribution in [0.3, 0.4) is 0 Å². The van der Waals surface area contributed by atoms with Gasteiger partial charge in [-0.1, -0.05) is 0 Å². The van der Waals surface area contributed by atoms with Crippen molar-refractivity contribution >= 4 is 11.6 Å². The zero-order valence-corrected chi connectivity index (χ0v) is 10.1. The van der Waals surface area contributed by atoms with Crippen LogP contribution in [0.1, 0.15) is 0 Å². The van der Waals surface area contributed by atoms with Gasteiger partial charge < -0.3 is 25.3 Å². The predicted molar refractivity (Wildman–Crippen MR) is 63.8 cm³/mol. The molecule has 0 spiro atoms. The number of carbonyl (C=O) groups excluding carboxylic acids is 1. The van der Waals surface area contributed by atoms with Crippen LogP contribution in [0.2, 0.25) is 0 Å². The molecule has 0 radical (unpaired) electrons. The summed E-state index contributed by atoms with van der Waals surface area (Å²) in [5.74, 6) is 1.08. The second kappa shape index (κ2) is 5.83. The third kappa shape index (κ3) is 3.17. The molecule has 94 valence electrons. The van der Waals surface area contributed by atoms with E-state index in [0.717, 1.165) is 0 Å². The van der Waals surface area contributed by atoms with Crippen molar-refractivity contribution in [2.45, 2.75) is 0 Å². The van der Waals surface area contributed by atoms with E-state index in [1.54, 1.807) is 12.1 Å². The Morgan fingerprint density at radius 3 is 2.06 bits per heavy atom. The largest absolute Gasteiger partial charge is 0.493 e. The molecule has 0 atom stereocenters. The number of ether oxygens (including phenoxy) is 3. The molecule has 17 heavy (non-hydrogen) atoms. The Morgan fingerprint density at radius 1 is 1.18 bits per heavy atom. The summed E-state index contributed by atoms with van der Waals surface area (Å²) < 4.78 is 15.5. The summed E-state index contributed by atoms with van der Waals surface area (Å²) in [5.41, 5.74) is 5.71. The van der Waals surface area contributed by atoms with E-state index in [1.165, 1.54) is 21.3 Å². The third-order valence-corrected chi connectivity index (χ3v) is 2.13. The smallest absolute Gasteiger partial charge is 0.236 e. The zero-order valence-electron chi connectivity index (χ0n) is 10.1. The van der Waals surface area contributed by atoms with Crippen LogP contribution in [0, 0.1) is 0 Å². The number of nitrogens with two attached hydrogens (primary N) is 1. The lowest BCUT2D eigenvalue weighted by molar-refractivity contribution is -0.116. The zero-order chi connectivity index (χ0) is 12.8. The Balaban J connectivity index is 3.04. The van der Waals surface area contributed by atoms with Gasteiger partial charge in [-0.15, -0.1) is 0 Å². The van der Waals surface area contributed by atoms with E-state index < -0.39 is 5.91 Å². The van der Waals surface area contributed by atoms with Crippen molar-refractivity contribution in [1.29, 1.82) is 0 Å². The molecule has 0 aliphatic heterocycles. The SMILES string of the molecule is COc1cc(NCC(N)=O)cc(OC)c1OC. The maximum absolute atomic E-state index is 10.7. The number of methoxy groups -OCH3 is 3. The van der Waals surface area contributed by atoms with Crippen molar-refractivity contribution in [3.05, 3.63) is 12.1 Å². The van der Waals surface area contributed by atoms with Crippen LogP contribution in [0.4, 0.5) is 5.69 Å². The molecule has 1 rings (SSSR count). The Labute approximate surface area is 99.6 Å². The lowest BCUT2D eigenvalue weighted by Crippen LogP contribution is -2.21. The van der Waals surface area contributed by atoms with Crippen molar-refractivity contribution < 1.29 is 19.0 Å². The van der Waals surface area contributed by atoms with Gasteiger partial charge in [-0.25, -0.2) is 0 Å². The molecule has 0 unspecified atom stereocenters. The summed E-state index contributed by atoms with van der Waals surface area (Å²) in [6, 6.07) is 3.40. The molecule has 1 aromatic rings.